The number of ketones is 1. The van der Waals surface area contributed by atoms with E-state index in [0.29, 0.717) is 17.3 Å². The first-order valence-corrected chi connectivity index (χ1v) is 11.4. The van der Waals surface area contributed by atoms with E-state index in [0.717, 1.165) is 16.2 Å². The molecule has 0 N–H and O–H groups in total. The Balaban J connectivity index is 1.65. The largest absolute Gasteiger partial charge is 0.313 e. The zero-order valence-corrected chi connectivity index (χ0v) is 16.8. The van der Waals surface area contributed by atoms with Crippen LogP contribution < -0.4 is 10.6 Å². The van der Waals surface area contributed by atoms with E-state index in [4.69, 9.17) is 0 Å². The zero-order chi connectivity index (χ0) is 20.1. The molecule has 0 aromatic heterocycles. The lowest BCUT2D eigenvalue weighted by Gasteiger charge is -2.19. The molecule has 0 aliphatic rings. The highest BCUT2D eigenvalue weighted by Crippen LogP contribution is 2.46. The van der Waals surface area contributed by atoms with E-state index in [9.17, 15) is 9.36 Å². The van der Waals surface area contributed by atoms with Crippen LogP contribution in [0.1, 0.15) is 21.5 Å². The van der Waals surface area contributed by atoms with Crippen LogP contribution in [-0.2, 0) is 10.7 Å². The highest BCUT2D eigenvalue weighted by atomic mass is 31.2. The van der Waals surface area contributed by atoms with Gasteiger partial charge in [0.2, 0.25) is 0 Å². The third-order valence-electron chi connectivity index (χ3n) is 5.00. The Kier molecular flexibility index (Phi) is 5.55. The molecule has 0 saturated carbocycles. The minimum absolute atomic E-state index is 0.00792. The van der Waals surface area contributed by atoms with E-state index in [1.807, 2.05) is 115 Å². The average Bonchev–Trinajstić information content (AvgIpc) is 2.81. The van der Waals surface area contributed by atoms with Gasteiger partial charge in [0.05, 0.1) is 0 Å². The van der Waals surface area contributed by atoms with Gasteiger partial charge in [0.25, 0.3) is 0 Å². The molecule has 0 heterocycles. The molecule has 29 heavy (non-hydrogen) atoms. The number of benzene rings is 4. The summed E-state index contributed by atoms with van der Waals surface area (Å²) in [4.78, 5) is 12.6. The quantitative estimate of drug-likeness (QED) is 0.322. The van der Waals surface area contributed by atoms with E-state index < -0.39 is 7.14 Å². The van der Waals surface area contributed by atoms with Crippen molar-refractivity contribution in [1.29, 1.82) is 0 Å². The first-order valence-electron chi connectivity index (χ1n) is 9.56. The highest BCUT2D eigenvalue weighted by Gasteiger charge is 2.27. The van der Waals surface area contributed by atoms with Gasteiger partial charge < -0.3 is 4.57 Å². The van der Waals surface area contributed by atoms with Crippen molar-refractivity contribution in [3.05, 3.63) is 132 Å². The molecule has 0 aliphatic carbocycles. The number of carbonyl (C=O) groups excluding carboxylic acids is 1. The molecule has 4 rings (SSSR count). The molecular weight excluding hydrogens is 375 g/mol. The Labute approximate surface area is 171 Å². The third-order valence-corrected chi connectivity index (χ3v) is 8.08. The Bertz CT molecular complexity index is 1090. The number of hydrogen-bond acceptors (Lipinski definition) is 2. The molecule has 0 fully saturated rings. The van der Waals surface area contributed by atoms with E-state index >= 15 is 0 Å². The van der Waals surface area contributed by atoms with Gasteiger partial charge in [-0.1, -0.05) is 115 Å². The van der Waals surface area contributed by atoms with Crippen molar-refractivity contribution in [2.75, 3.05) is 0 Å². The van der Waals surface area contributed by atoms with Crippen molar-refractivity contribution in [2.24, 2.45) is 0 Å². The summed E-state index contributed by atoms with van der Waals surface area (Å²) in [5.41, 5.74) is 2.25. The maximum Gasteiger partial charge on any atom is 0.193 e. The summed E-state index contributed by atoms with van der Waals surface area (Å²) in [5, 5.41) is 1.69. The summed E-state index contributed by atoms with van der Waals surface area (Å²) >= 11 is 0. The number of carbonyl (C=O) groups is 1. The second-order valence-corrected chi connectivity index (χ2v) is 9.79. The molecule has 142 valence electrons. The van der Waals surface area contributed by atoms with Gasteiger partial charge in [-0.05, 0) is 5.56 Å². The van der Waals surface area contributed by atoms with Crippen LogP contribution in [-0.4, -0.2) is 5.78 Å². The molecule has 0 saturated heterocycles. The van der Waals surface area contributed by atoms with Crippen LogP contribution in [0.5, 0.6) is 0 Å². The Morgan fingerprint density at radius 1 is 0.552 bits per heavy atom. The maximum atomic E-state index is 14.2. The van der Waals surface area contributed by atoms with Crippen molar-refractivity contribution in [3.8, 4) is 0 Å². The van der Waals surface area contributed by atoms with E-state index in [1.165, 1.54) is 0 Å². The first-order chi connectivity index (χ1) is 14.2. The molecule has 0 spiro atoms. The van der Waals surface area contributed by atoms with Gasteiger partial charge in [0.1, 0.15) is 7.14 Å². The van der Waals surface area contributed by atoms with Gasteiger partial charge in [-0.3, -0.25) is 4.79 Å². The van der Waals surface area contributed by atoms with Gasteiger partial charge in [-0.15, -0.1) is 0 Å². The Morgan fingerprint density at radius 3 is 1.45 bits per heavy atom. The average molecular weight is 396 g/mol. The molecule has 0 amide bonds. The number of rotatable bonds is 6. The van der Waals surface area contributed by atoms with Gasteiger partial charge >= 0.3 is 0 Å². The molecule has 4 aromatic carbocycles. The lowest BCUT2D eigenvalue weighted by Crippen LogP contribution is -2.17. The summed E-state index contributed by atoms with van der Waals surface area (Å²) in [7, 11) is -2.83. The second-order valence-electron chi connectivity index (χ2n) is 6.96. The molecule has 0 unspecified atom stereocenters. The molecule has 3 heteroatoms. The van der Waals surface area contributed by atoms with Crippen molar-refractivity contribution in [1.82, 2.24) is 0 Å². The summed E-state index contributed by atoms with van der Waals surface area (Å²) < 4.78 is 14.2. The lowest BCUT2D eigenvalue weighted by atomic mass is 10.0. The predicted octanol–water partition coefficient (Wildman–Crippen LogP) is 5.43. The van der Waals surface area contributed by atoms with E-state index in [2.05, 4.69) is 0 Å². The van der Waals surface area contributed by atoms with Gasteiger partial charge in [0, 0.05) is 27.9 Å². The lowest BCUT2D eigenvalue weighted by molar-refractivity contribution is 0.103. The Morgan fingerprint density at radius 2 is 0.966 bits per heavy atom. The molecule has 0 radical (unpaired) electrons. The van der Waals surface area contributed by atoms with E-state index in [-0.39, 0.29) is 5.78 Å². The van der Waals surface area contributed by atoms with Crippen molar-refractivity contribution in [3.63, 3.8) is 0 Å². The second kappa shape index (κ2) is 8.43. The van der Waals surface area contributed by atoms with Crippen LogP contribution >= 0.6 is 7.14 Å². The standard InChI is InChI=1S/C26H21O2P/c27-26(22-10-4-1-5-11-22)23-18-16-21(17-19-23)20-29(28,24-12-6-2-7-13-24)25-14-8-3-9-15-25/h1-19H,20H2. The van der Waals surface area contributed by atoms with Gasteiger partial charge in [-0.25, -0.2) is 0 Å². The molecule has 4 aromatic rings. The molecule has 0 atom stereocenters. The monoisotopic (exact) mass is 396 g/mol. The SMILES string of the molecule is O=C(c1ccccc1)c1ccc(CP(=O)(c2ccccc2)c2ccccc2)cc1. The minimum atomic E-state index is -2.83. The predicted molar refractivity (Wildman–Crippen MR) is 120 cm³/mol. The fourth-order valence-corrected chi connectivity index (χ4v) is 6.14. The van der Waals surface area contributed by atoms with Gasteiger partial charge in [-0.2, -0.15) is 0 Å². The summed E-state index contributed by atoms with van der Waals surface area (Å²) in [6, 6.07) is 36.0. The number of hydrogen-bond donors (Lipinski definition) is 0. The van der Waals surface area contributed by atoms with E-state index in [1.54, 1.807) is 0 Å². The van der Waals surface area contributed by atoms with Crippen LogP contribution in [0, 0.1) is 0 Å². The highest BCUT2D eigenvalue weighted by molar-refractivity contribution is 7.78. The summed E-state index contributed by atoms with van der Waals surface area (Å²) in [6.45, 7) is 0. The zero-order valence-electron chi connectivity index (χ0n) is 15.9. The summed E-state index contributed by atoms with van der Waals surface area (Å²) in [6.07, 6.45) is 0.417. The van der Waals surface area contributed by atoms with Crippen molar-refractivity contribution >= 4 is 23.5 Å². The third kappa shape index (κ3) is 4.13. The molecular formula is C26H21O2P. The Hall–Kier alpha value is -3.22. The van der Waals surface area contributed by atoms with Crippen LogP contribution in [0.25, 0.3) is 0 Å². The summed E-state index contributed by atoms with van der Waals surface area (Å²) in [5.74, 6) is -0.00792. The normalized spacial score (nSPS) is 11.2. The van der Waals surface area contributed by atoms with Crippen LogP contribution in [0.3, 0.4) is 0 Å². The minimum Gasteiger partial charge on any atom is -0.313 e. The first kappa shape index (κ1) is 19.1. The maximum absolute atomic E-state index is 14.2. The molecule has 0 aliphatic heterocycles. The molecule has 0 bridgehead atoms. The van der Waals surface area contributed by atoms with Gasteiger partial charge in [0.15, 0.2) is 5.78 Å². The molecule has 2 nitrogen and oxygen atoms in total. The van der Waals surface area contributed by atoms with Crippen molar-refractivity contribution < 1.29 is 9.36 Å². The fraction of sp³-hybridized carbons (Fsp3) is 0.0385. The van der Waals surface area contributed by atoms with Crippen LogP contribution in [0.2, 0.25) is 0 Å². The smallest absolute Gasteiger partial charge is 0.193 e. The van der Waals surface area contributed by atoms with Crippen molar-refractivity contribution in [2.45, 2.75) is 6.16 Å². The fourth-order valence-electron chi connectivity index (χ4n) is 3.44. The topological polar surface area (TPSA) is 34.1 Å². The van der Waals surface area contributed by atoms with Crippen LogP contribution in [0.15, 0.2) is 115 Å². The van der Waals surface area contributed by atoms with Crippen LogP contribution in [0.4, 0.5) is 0 Å².